The molecule has 3 heteroatoms. The fraction of sp³-hybridized carbons (Fsp3) is 0.571. The van der Waals surface area contributed by atoms with Gasteiger partial charge in [-0.15, -0.1) is 0 Å². The molecule has 0 spiro atoms. The van der Waals surface area contributed by atoms with Gasteiger partial charge in [-0.3, -0.25) is 0 Å². The second-order valence-electron chi connectivity index (χ2n) is 5.05. The zero-order chi connectivity index (χ0) is 12.9. The van der Waals surface area contributed by atoms with Gasteiger partial charge in [-0.2, -0.15) is 0 Å². The van der Waals surface area contributed by atoms with Gasteiger partial charge in [-0.25, -0.2) is 0 Å². The summed E-state index contributed by atoms with van der Waals surface area (Å²) in [5.74, 6) is 0.954. The van der Waals surface area contributed by atoms with Crippen LogP contribution in [0.3, 0.4) is 0 Å². The highest BCUT2D eigenvalue weighted by Crippen LogP contribution is 2.31. The molecule has 17 heavy (non-hydrogen) atoms. The minimum absolute atomic E-state index is 0.0343. The van der Waals surface area contributed by atoms with Crippen LogP contribution in [0, 0.1) is 6.92 Å². The number of aryl methyl sites for hydroxylation is 1. The third-order valence-electron chi connectivity index (χ3n) is 2.97. The van der Waals surface area contributed by atoms with Crippen LogP contribution in [0.5, 0.6) is 5.75 Å². The van der Waals surface area contributed by atoms with Crippen molar-refractivity contribution in [2.45, 2.75) is 26.2 Å². The lowest BCUT2D eigenvalue weighted by Gasteiger charge is -2.28. The Morgan fingerprint density at radius 2 is 2.06 bits per heavy atom. The summed E-state index contributed by atoms with van der Waals surface area (Å²) in [6.45, 7) is 8.94. The lowest BCUT2D eigenvalue weighted by atomic mass is 9.83. The number of rotatable bonds is 6. The quantitative estimate of drug-likeness (QED) is 0.741. The molecule has 0 saturated heterocycles. The average molecular weight is 236 g/mol. The van der Waals surface area contributed by atoms with E-state index in [1.807, 2.05) is 6.07 Å². The number of benzene rings is 1. The normalized spacial score (nSPS) is 11.6. The number of nitrogens with two attached hydrogens (primary N) is 1. The highest BCUT2D eigenvalue weighted by atomic mass is 16.5. The second-order valence-corrected chi connectivity index (χ2v) is 5.05. The smallest absolute Gasteiger partial charge is 0.122 e. The Kier molecular flexibility index (Phi) is 4.97. The first-order valence-electron chi connectivity index (χ1n) is 6.07. The van der Waals surface area contributed by atoms with Crippen LogP contribution < -0.4 is 15.8 Å². The number of nitrogens with one attached hydrogen (secondary N) is 1. The topological polar surface area (TPSA) is 47.3 Å². The van der Waals surface area contributed by atoms with Crippen LogP contribution in [0.1, 0.15) is 25.0 Å². The first-order valence-corrected chi connectivity index (χ1v) is 6.07. The largest absolute Gasteiger partial charge is 0.496 e. The predicted octanol–water partition coefficient (Wildman–Crippen LogP) is 1.83. The minimum atomic E-state index is 0.0343. The average Bonchev–Trinajstić information content (AvgIpc) is 2.29. The summed E-state index contributed by atoms with van der Waals surface area (Å²) in [5.41, 5.74) is 8.02. The summed E-state index contributed by atoms with van der Waals surface area (Å²) in [5, 5.41) is 3.36. The van der Waals surface area contributed by atoms with Crippen molar-refractivity contribution in [2.75, 3.05) is 26.7 Å². The fourth-order valence-corrected chi connectivity index (χ4v) is 1.95. The highest BCUT2D eigenvalue weighted by molar-refractivity contribution is 5.41. The molecule has 0 fully saturated rings. The first kappa shape index (κ1) is 14.0. The molecule has 0 bridgehead atoms. The van der Waals surface area contributed by atoms with E-state index in [9.17, 15) is 0 Å². The van der Waals surface area contributed by atoms with E-state index >= 15 is 0 Å². The molecule has 0 amide bonds. The van der Waals surface area contributed by atoms with Crippen molar-refractivity contribution < 1.29 is 4.74 Å². The van der Waals surface area contributed by atoms with E-state index in [0.717, 1.165) is 18.8 Å². The summed E-state index contributed by atoms with van der Waals surface area (Å²) in [6, 6.07) is 6.31. The predicted molar refractivity (Wildman–Crippen MR) is 72.7 cm³/mol. The molecule has 1 rings (SSSR count). The summed E-state index contributed by atoms with van der Waals surface area (Å²) in [7, 11) is 1.72. The van der Waals surface area contributed by atoms with Crippen molar-refractivity contribution >= 4 is 0 Å². The molecule has 96 valence electrons. The molecule has 0 saturated carbocycles. The Morgan fingerprint density at radius 1 is 1.35 bits per heavy atom. The van der Waals surface area contributed by atoms with Crippen molar-refractivity contribution in [3.63, 3.8) is 0 Å². The van der Waals surface area contributed by atoms with Crippen LogP contribution in [-0.2, 0) is 5.41 Å². The maximum Gasteiger partial charge on any atom is 0.122 e. The maximum absolute atomic E-state index is 5.49. The van der Waals surface area contributed by atoms with Crippen molar-refractivity contribution in [1.29, 1.82) is 0 Å². The lowest BCUT2D eigenvalue weighted by molar-refractivity contribution is 0.386. The molecule has 3 nitrogen and oxygen atoms in total. The van der Waals surface area contributed by atoms with Gasteiger partial charge >= 0.3 is 0 Å². The first-order chi connectivity index (χ1) is 8.01. The van der Waals surface area contributed by atoms with Gasteiger partial charge < -0.3 is 15.8 Å². The number of hydrogen-bond acceptors (Lipinski definition) is 3. The van der Waals surface area contributed by atoms with Gasteiger partial charge in [0, 0.05) is 30.6 Å². The molecular formula is C14H24N2O. The van der Waals surface area contributed by atoms with Gasteiger partial charge in [-0.05, 0) is 13.0 Å². The van der Waals surface area contributed by atoms with Gasteiger partial charge in [0.25, 0.3) is 0 Å². The van der Waals surface area contributed by atoms with Gasteiger partial charge in [0.15, 0.2) is 0 Å². The van der Waals surface area contributed by atoms with Crippen LogP contribution in [0.2, 0.25) is 0 Å². The Labute approximate surface area is 104 Å². The van der Waals surface area contributed by atoms with Crippen LogP contribution in [0.25, 0.3) is 0 Å². The van der Waals surface area contributed by atoms with E-state index < -0.39 is 0 Å². The number of methoxy groups -OCH3 is 1. The molecule has 0 heterocycles. The standard InChI is InChI=1S/C14H24N2O/c1-11-5-6-13(17-4)12(9-11)14(2,3)10-16-8-7-15/h5-6,9,16H,7-8,10,15H2,1-4H3. The third-order valence-corrected chi connectivity index (χ3v) is 2.97. The van der Waals surface area contributed by atoms with Gasteiger partial charge in [0.05, 0.1) is 7.11 Å². The SMILES string of the molecule is COc1ccc(C)cc1C(C)(C)CNCCN. The molecule has 0 aromatic heterocycles. The third kappa shape index (κ3) is 3.72. The zero-order valence-corrected chi connectivity index (χ0v) is 11.3. The Morgan fingerprint density at radius 3 is 2.65 bits per heavy atom. The van der Waals surface area contributed by atoms with E-state index in [1.165, 1.54) is 11.1 Å². The van der Waals surface area contributed by atoms with E-state index in [2.05, 4.69) is 38.2 Å². The van der Waals surface area contributed by atoms with Crippen molar-refractivity contribution in [2.24, 2.45) is 5.73 Å². The Bertz CT molecular complexity index is 361. The van der Waals surface area contributed by atoms with E-state index in [1.54, 1.807) is 7.11 Å². The molecule has 0 atom stereocenters. The zero-order valence-electron chi connectivity index (χ0n) is 11.3. The van der Waals surface area contributed by atoms with Crippen LogP contribution in [0.15, 0.2) is 18.2 Å². The maximum atomic E-state index is 5.49. The summed E-state index contributed by atoms with van der Waals surface area (Å²) >= 11 is 0. The summed E-state index contributed by atoms with van der Waals surface area (Å²) < 4.78 is 5.44. The van der Waals surface area contributed by atoms with Gasteiger partial charge in [0.2, 0.25) is 0 Å². The second kappa shape index (κ2) is 6.03. The molecule has 0 aliphatic rings. The Hall–Kier alpha value is -1.06. The van der Waals surface area contributed by atoms with Crippen LogP contribution in [-0.4, -0.2) is 26.7 Å². The van der Waals surface area contributed by atoms with E-state index in [-0.39, 0.29) is 5.41 Å². The lowest BCUT2D eigenvalue weighted by Crippen LogP contribution is -2.35. The van der Waals surface area contributed by atoms with E-state index in [4.69, 9.17) is 10.5 Å². The molecule has 1 aromatic carbocycles. The molecule has 0 aliphatic heterocycles. The molecule has 0 aliphatic carbocycles. The number of hydrogen-bond donors (Lipinski definition) is 2. The summed E-state index contributed by atoms with van der Waals surface area (Å²) in [4.78, 5) is 0. The molecule has 0 radical (unpaired) electrons. The molecule has 3 N–H and O–H groups in total. The Balaban J connectivity index is 2.91. The van der Waals surface area contributed by atoms with Crippen LogP contribution in [0.4, 0.5) is 0 Å². The highest BCUT2D eigenvalue weighted by Gasteiger charge is 2.24. The van der Waals surface area contributed by atoms with Crippen molar-refractivity contribution in [3.05, 3.63) is 29.3 Å². The van der Waals surface area contributed by atoms with Crippen molar-refractivity contribution in [1.82, 2.24) is 5.32 Å². The van der Waals surface area contributed by atoms with Crippen molar-refractivity contribution in [3.8, 4) is 5.75 Å². The van der Waals surface area contributed by atoms with E-state index in [0.29, 0.717) is 6.54 Å². The van der Waals surface area contributed by atoms with Gasteiger partial charge in [0.1, 0.15) is 5.75 Å². The molecule has 0 unspecified atom stereocenters. The van der Waals surface area contributed by atoms with Gasteiger partial charge in [-0.1, -0.05) is 31.5 Å². The van der Waals surface area contributed by atoms with Crippen LogP contribution >= 0.6 is 0 Å². The minimum Gasteiger partial charge on any atom is -0.496 e. The number of ether oxygens (including phenoxy) is 1. The molecule has 1 aromatic rings. The fourth-order valence-electron chi connectivity index (χ4n) is 1.95. The monoisotopic (exact) mass is 236 g/mol. The molecular weight excluding hydrogens is 212 g/mol. The summed E-state index contributed by atoms with van der Waals surface area (Å²) in [6.07, 6.45) is 0.